The van der Waals surface area contributed by atoms with E-state index in [1.807, 2.05) is 0 Å². The monoisotopic (exact) mass is 760 g/mol. The minimum Gasteiger partial charge on any atom is -0.545 e. The predicted octanol–water partition coefficient (Wildman–Crippen LogP) is -9.63. The first kappa shape index (κ1) is 35.0. The average Bonchev–Trinajstić information content (AvgIpc) is 2.42. The van der Waals surface area contributed by atoms with Gasteiger partial charge in [-0.3, -0.25) is 0 Å². The molecule has 0 amide bonds. The van der Waals surface area contributed by atoms with Crippen molar-refractivity contribution < 1.29 is 59.4 Å². The number of hydrogen-bond donors (Lipinski definition) is 0. The van der Waals surface area contributed by atoms with Crippen LogP contribution in [0.1, 0.15) is 0 Å². The summed E-state index contributed by atoms with van der Waals surface area (Å²) in [4.78, 5) is 56.5. The molecule has 0 heterocycles. The molecule has 0 saturated carbocycles. The molecular weight excluding hydrogens is 754 g/mol. The van der Waals surface area contributed by atoms with Crippen LogP contribution in [0.15, 0.2) is 36.5 Å². The molecule has 14 heteroatoms. The minimum atomic E-state index is -1.55. The van der Waals surface area contributed by atoms with Crippen LogP contribution in [0.2, 0.25) is 0 Å². The van der Waals surface area contributed by atoms with Crippen molar-refractivity contribution in [3.05, 3.63) is 36.5 Å². The molecule has 0 N–H and O–H groups in total. The molecule has 0 aromatic rings. The smallest absolute Gasteiger partial charge is 0.545 e. The van der Waals surface area contributed by atoms with Crippen molar-refractivity contribution in [2.45, 2.75) is 0 Å². The fraction of sp³-hybridized carbons (Fsp3) is 0. The molecule has 136 valence electrons. The average molecular weight is 760 g/mol. The zero-order chi connectivity index (χ0) is 19.7. The van der Waals surface area contributed by atoms with Gasteiger partial charge in [-0.1, -0.05) is 0 Å². The van der Waals surface area contributed by atoms with Gasteiger partial charge in [-0.05, 0) is 36.5 Å². The third-order valence-electron chi connectivity index (χ3n) is 1.07. The zero-order valence-corrected chi connectivity index (χ0v) is 19.2. The molecule has 12 nitrogen and oxygen atoms in total. The molecular formula is C12H6Bi2O12. The van der Waals surface area contributed by atoms with E-state index in [1.54, 1.807) is 0 Å². The maximum atomic E-state index is 9.41. The van der Waals surface area contributed by atoms with Crippen molar-refractivity contribution >= 4 is 88.2 Å². The molecule has 4 radical (unpaired) electrons. The molecule has 0 unspecified atom stereocenters. The van der Waals surface area contributed by atoms with Gasteiger partial charge in [0.1, 0.15) is 0 Å². The van der Waals surface area contributed by atoms with Crippen LogP contribution in [0, 0.1) is 0 Å². The van der Waals surface area contributed by atoms with Crippen LogP contribution in [-0.4, -0.2) is 88.2 Å². The van der Waals surface area contributed by atoms with Gasteiger partial charge < -0.3 is 59.4 Å². The standard InChI is InChI=1S/3C4H4O4.2Bi/c3*5-3(6)1-2-4(7)8;;/h3*1-2H,(H,5,6)(H,7,8);;/q;;;2*+3/p-6/b3*2-1-;;. The van der Waals surface area contributed by atoms with Gasteiger partial charge in [0.15, 0.2) is 0 Å². The van der Waals surface area contributed by atoms with Crippen LogP contribution in [-0.2, 0) is 28.8 Å². The van der Waals surface area contributed by atoms with Crippen LogP contribution < -0.4 is 30.6 Å². The van der Waals surface area contributed by atoms with E-state index in [1.165, 1.54) is 0 Å². The van der Waals surface area contributed by atoms with Gasteiger partial charge in [0.05, 0.1) is 35.8 Å². The quantitative estimate of drug-likeness (QED) is 0.181. The molecule has 0 atom stereocenters. The summed E-state index contributed by atoms with van der Waals surface area (Å²) >= 11 is 0. The summed E-state index contributed by atoms with van der Waals surface area (Å²) in [6.07, 6.45) is 2.31. The molecule has 0 fully saturated rings. The van der Waals surface area contributed by atoms with Crippen LogP contribution >= 0.6 is 0 Å². The Morgan fingerprint density at radius 1 is 0.346 bits per heavy atom. The number of rotatable bonds is 6. The fourth-order valence-corrected chi connectivity index (χ4v) is 0.408. The Hall–Kier alpha value is -2.19. The van der Waals surface area contributed by atoms with Crippen molar-refractivity contribution in [2.24, 2.45) is 0 Å². The van der Waals surface area contributed by atoms with Crippen LogP contribution in [0.25, 0.3) is 0 Å². The van der Waals surface area contributed by atoms with Crippen molar-refractivity contribution in [2.75, 3.05) is 0 Å². The Labute approximate surface area is 183 Å². The largest absolute Gasteiger partial charge is 3.00 e. The zero-order valence-electron chi connectivity index (χ0n) is 12.3. The number of hydrogen-bond acceptors (Lipinski definition) is 12. The molecule has 26 heavy (non-hydrogen) atoms. The summed E-state index contributed by atoms with van der Waals surface area (Å²) in [6, 6.07) is 0. The summed E-state index contributed by atoms with van der Waals surface area (Å²) in [6.45, 7) is 0. The summed E-state index contributed by atoms with van der Waals surface area (Å²) in [5.41, 5.74) is 0. The summed E-state index contributed by atoms with van der Waals surface area (Å²) in [5, 5.41) is 56.5. The van der Waals surface area contributed by atoms with Crippen LogP contribution in [0.3, 0.4) is 0 Å². The van der Waals surface area contributed by atoms with E-state index in [0.717, 1.165) is 0 Å². The molecule has 0 rings (SSSR count). The first-order valence-electron chi connectivity index (χ1n) is 5.18. The minimum absolute atomic E-state index is 0. The second-order valence-corrected chi connectivity index (χ2v) is 2.91. The molecule has 0 bridgehead atoms. The van der Waals surface area contributed by atoms with Gasteiger partial charge in [0.2, 0.25) is 0 Å². The van der Waals surface area contributed by atoms with Crippen molar-refractivity contribution in [3.63, 3.8) is 0 Å². The number of carboxylic acids is 6. The third kappa shape index (κ3) is 57.6. The van der Waals surface area contributed by atoms with Gasteiger partial charge >= 0.3 is 52.4 Å². The fourth-order valence-electron chi connectivity index (χ4n) is 0.408. The predicted molar refractivity (Wildman–Crippen MR) is 69.0 cm³/mol. The van der Waals surface area contributed by atoms with E-state index >= 15 is 0 Å². The Morgan fingerprint density at radius 3 is 0.462 bits per heavy atom. The summed E-state index contributed by atoms with van der Waals surface area (Å²) in [5.74, 6) is -9.28. The number of carboxylic acid groups (broad SMARTS) is 6. The van der Waals surface area contributed by atoms with Gasteiger partial charge in [0.25, 0.3) is 0 Å². The number of aliphatic carboxylic acids is 6. The SMILES string of the molecule is O=C([O-])/C=C\C(=O)[O-].O=C([O-])/C=C\C(=O)[O-].O=C([O-])/C=C\C(=O)[O-].[Bi+3].[Bi+3]. The van der Waals surface area contributed by atoms with Gasteiger partial charge in [0, 0.05) is 0 Å². The number of carbonyl (C=O) groups is 6. The maximum Gasteiger partial charge on any atom is 3.00 e. The van der Waals surface area contributed by atoms with Gasteiger partial charge in [-0.2, -0.15) is 0 Å². The maximum absolute atomic E-state index is 9.41. The second-order valence-electron chi connectivity index (χ2n) is 2.91. The summed E-state index contributed by atoms with van der Waals surface area (Å²) < 4.78 is 0. The molecule has 0 aromatic heterocycles. The first-order chi connectivity index (χ1) is 10.9. The van der Waals surface area contributed by atoms with Gasteiger partial charge in [-0.25, -0.2) is 0 Å². The van der Waals surface area contributed by atoms with E-state index in [4.69, 9.17) is 0 Å². The van der Waals surface area contributed by atoms with Crippen molar-refractivity contribution in [1.82, 2.24) is 0 Å². The molecule has 0 aliphatic carbocycles. The third-order valence-corrected chi connectivity index (χ3v) is 1.07. The second kappa shape index (κ2) is 22.8. The van der Waals surface area contributed by atoms with Gasteiger partial charge in [-0.15, -0.1) is 0 Å². The number of carbonyl (C=O) groups excluding carboxylic acids is 6. The van der Waals surface area contributed by atoms with E-state index < -0.39 is 35.8 Å². The Kier molecular flexibility index (Phi) is 30.7. The molecule has 0 aromatic carbocycles. The Balaban J connectivity index is -0.0000000817. The van der Waals surface area contributed by atoms with E-state index in [0.29, 0.717) is 36.5 Å². The first-order valence-corrected chi connectivity index (χ1v) is 5.18. The van der Waals surface area contributed by atoms with E-state index in [2.05, 4.69) is 0 Å². The summed E-state index contributed by atoms with van der Waals surface area (Å²) in [7, 11) is 0. The van der Waals surface area contributed by atoms with Crippen LogP contribution in [0.4, 0.5) is 0 Å². The molecule has 0 saturated heterocycles. The topological polar surface area (TPSA) is 241 Å². The van der Waals surface area contributed by atoms with Crippen molar-refractivity contribution in [1.29, 1.82) is 0 Å². The Bertz CT molecular complexity index is 448. The normalized spacial score (nSPS) is 8.77. The Morgan fingerprint density at radius 2 is 0.423 bits per heavy atom. The molecule has 0 aliphatic heterocycles. The van der Waals surface area contributed by atoms with E-state index in [-0.39, 0.29) is 52.4 Å². The molecule has 0 spiro atoms. The van der Waals surface area contributed by atoms with E-state index in [9.17, 15) is 59.4 Å². The molecule has 0 aliphatic rings. The van der Waals surface area contributed by atoms with Crippen LogP contribution in [0.5, 0.6) is 0 Å². The van der Waals surface area contributed by atoms with Crippen molar-refractivity contribution in [3.8, 4) is 0 Å².